The zero-order chi connectivity index (χ0) is 10.8. The summed E-state index contributed by atoms with van der Waals surface area (Å²) in [6, 6.07) is 4.53. The van der Waals surface area contributed by atoms with Crippen molar-refractivity contribution in [3.8, 4) is 0 Å². The molecular weight excluding hydrogens is 252 g/mol. The summed E-state index contributed by atoms with van der Waals surface area (Å²) >= 11 is 3.57. The van der Waals surface area contributed by atoms with Crippen molar-refractivity contribution >= 4 is 21.7 Å². The molecule has 0 unspecified atom stereocenters. The first-order chi connectivity index (χ1) is 7.18. The van der Waals surface area contributed by atoms with Gasteiger partial charge in [-0.15, -0.1) is 0 Å². The molecule has 1 fully saturated rings. The van der Waals surface area contributed by atoms with Crippen molar-refractivity contribution in [1.82, 2.24) is 4.98 Å². The SMILES string of the molecule is CC(C)N(CC1CC1)c1ncccc1Br. The van der Waals surface area contributed by atoms with Gasteiger partial charge in [-0.05, 0) is 60.7 Å². The Morgan fingerprint density at radius 1 is 1.53 bits per heavy atom. The Morgan fingerprint density at radius 3 is 2.80 bits per heavy atom. The van der Waals surface area contributed by atoms with Gasteiger partial charge in [0, 0.05) is 18.8 Å². The highest BCUT2D eigenvalue weighted by atomic mass is 79.9. The minimum Gasteiger partial charge on any atom is -0.353 e. The fourth-order valence-electron chi connectivity index (χ4n) is 1.71. The first-order valence-corrected chi connectivity index (χ1v) is 6.35. The number of rotatable bonds is 4. The third kappa shape index (κ3) is 2.71. The van der Waals surface area contributed by atoms with Crippen LogP contribution >= 0.6 is 15.9 Å². The van der Waals surface area contributed by atoms with Gasteiger partial charge in [0.2, 0.25) is 0 Å². The molecule has 15 heavy (non-hydrogen) atoms. The Balaban J connectivity index is 2.19. The van der Waals surface area contributed by atoms with E-state index in [0.717, 1.165) is 22.8 Å². The molecule has 3 heteroatoms. The van der Waals surface area contributed by atoms with Crippen molar-refractivity contribution in [3.63, 3.8) is 0 Å². The first kappa shape index (κ1) is 10.9. The van der Waals surface area contributed by atoms with Crippen LogP contribution in [0.3, 0.4) is 0 Å². The zero-order valence-electron chi connectivity index (χ0n) is 9.28. The smallest absolute Gasteiger partial charge is 0.143 e. The van der Waals surface area contributed by atoms with Crippen LogP contribution < -0.4 is 4.90 Å². The third-order valence-electron chi connectivity index (χ3n) is 2.79. The lowest BCUT2D eigenvalue weighted by molar-refractivity contribution is 0.635. The van der Waals surface area contributed by atoms with Crippen molar-refractivity contribution in [2.24, 2.45) is 5.92 Å². The van der Waals surface area contributed by atoms with Gasteiger partial charge in [0.05, 0.1) is 4.47 Å². The van der Waals surface area contributed by atoms with Crippen molar-refractivity contribution in [1.29, 1.82) is 0 Å². The molecule has 2 rings (SSSR count). The summed E-state index contributed by atoms with van der Waals surface area (Å²) in [7, 11) is 0. The molecule has 1 saturated carbocycles. The molecule has 2 nitrogen and oxygen atoms in total. The van der Waals surface area contributed by atoms with Crippen molar-refractivity contribution in [2.75, 3.05) is 11.4 Å². The molecule has 0 amide bonds. The van der Waals surface area contributed by atoms with E-state index in [0.29, 0.717) is 6.04 Å². The Labute approximate surface area is 99.8 Å². The van der Waals surface area contributed by atoms with Gasteiger partial charge in [-0.25, -0.2) is 4.98 Å². The average Bonchev–Trinajstić information content (AvgIpc) is 2.99. The van der Waals surface area contributed by atoms with E-state index < -0.39 is 0 Å². The number of halogens is 1. The number of hydrogen-bond donors (Lipinski definition) is 0. The van der Waals surface area contributed by atoms with Gasteiger partial charge in [0.25, 0.3) is 0 Å². The highest BCUT2D eigenvalue weighted by molar-refractivity contribution is 9.10. The monoisotopic (exact) mass is 268 g/mol. The zero-order valence-corrected chi connectivity index (χ0v) is 10.9. The van der Waals surface area contributed by atoms with Gasteiger partial charge < -0.3 is 4.90 Å². The lowest BCUT2D eigenvalue weighted by Gasteiger charge is -2.28. The normalized spacial score (nSPS) is 15.7. The minimum absolute atomic E-state index is 0.511. The minimum atomic E-state index is 0.511. The molecule has 0 aliphatic heterocycles. The highest BCUT2D eigenvalue weighted by Crippen LogP contribution is 2.33. The Bertz CT molecular complexity index is 334. The molecule has 0 spiro atoms. The summed E-state index contributed by atoms with van der Waals surface area (Å²) in [4.78, 5) is 6.85. The molecule has 82 valence electrons. The van der Waals surface area contributed by atoms with E-state index in [1.54, 1.807) is 0 Å². The summed E-state index contributed by atoms with van der Waals surface area (Å²) in [6.07, 6.45) is 4.63. The van der Waals surface area contributed by atoms with E-state index in [2.05, 4.69) is 45.7 Å². The highest BCUT2D eigenvalue weighted by Gasteiger charge is 2.26. The summed E-state index contributed by atoms with van der Waals surface area (Å²) in [5.74, 6) is 1.97. The predicted octanol–water partition coefficient (Wildman–Crippen LogP) is 3.47. The van der Waals surface area contributed by atoms with Crippen LogP contribution in [-0.4, -0.2) is 17.6 Å². The van der Waals surface area contributed by atoms with Gasteiger partial charge in [0.15, 0.2) is 0 Å². The standard InChI is InChI=1S/C12H17BrN2/c1-9(2)15(8-10-5-6-10)12-11(13)4-3-7-14-12/h3-4,7,9-10H,5-6,8H2,1-2H3. The van der Waals surface area contributed by atoms with E-state index >= 15 is 0 Å². The fraction of sp³-hybridized carbons (Fsp3) is 0.583. The second-order valence-electron chi connectivity index (χ2n) is 4.50. The number of aromatic nitrogens is 1. The van der Waals surface area contributed by atoms with E-state index in [-0.39, 0.29) is 0 Å². The van der Waals surface area contributed by atoms with Gasteiger partial charge in [-0.2, -0.15) is 0 Å². The molecule has 0 atom stereocenters. The van der Waals surface area contributed by atoms with Crippen LogP contribution in [0.5, 0.6) is 0 Å². The van der Waals surface area contributed by atoms with Gasteiger partial charge in [-0.3, -0.25) is 0 Å². The quantitative estimate of drug-likeness (QED) is 0.832. The summed E-state index contributed by atoms with van der Waals surface area (Å²) in [6.45, 7) is 5.60. The third-order valence-corrected chi connectivity index (χ3v) is 3.41. The van der Waals surface area contributed by atoms with Crippen molar-refractivity contribution < 1.29 is 0 Å². The maximum absolute atomic E-state index is 4.46. The molecule has 1 aliphatic carbocycles. The maximum Gasteiger partial charge on any atom is 0.143 e. The molecule has 1 aromatic rings. The number of anilines is 1. The average molecular weight is 269 g/mol. The van der Waals surface area contributed by atoms with E-state index in [1.807, 2.05) is 12.3 Å². The molecule has 1 aliphatic rings. The Morgan fingerprint density at radius 2 is 2.27 bits per heavy atom. The molecular formula is C12H17BrN2. The largest absolute Gasteiger partial charge is 0.353 e. The van der Waals surface area contributed by atoms with E-state index in [4.69, 9.17) is 0 Å². The summed E-state index contributed by atoms with van der Waals surface area (Å²) in [5, 5.41) is 0. The van der Waals surface area contributed by atoms with Crippen LogP contribution in [0, 0.1) is 5.92 Å². The van der Waals surface area contributed by atoms with Crippen LogP contribution in [0.15, 0.2) is 22.8 Å². The lowest BCUT2D eigenvalue weighted by Crippen LogP contribution is -2.33. The summed E-state index contributed by atoms with van der Waals surface area (Å²) < 4.78 is 1.10. The molecule has 1 aromatic heterocycles. The predicted molar refractivity (Wildman–Crippen MR) is 67.1 cm³/mol. The maximum atomic E-state index is 4.46. The molecule has 0 N–H and O–H groups in total. The second-order valence-corrected chi connectivity index (χ2v) is 5.35. The lowest BCUT2D eigenvalue weighted by atomic mass is 10.2. The van der Waals surface area contributed by atoms with Crippen LogP contribution in [-0.2, 0) is 0 Å². The number of hydrogen-bond acceptors (Lipinski definition) is 2. The second kappa shape index (κ2) is 4.52. The van der Waals surface area contributed by atoms with Crippen LogP contribution in [0.25, 0.3) is 0 Å². The Hall–Kier alpha value is -0.570. The molecule has 0 aromatic carbocycles. The van der Waals surface area contributed by atoms with Gasteiger partial charge >= 0.3 is 0 Å². The van der Waals surface area contributed by atoms with Crippen LogP contribution in [0.4, 0.5) is 5.82 Å². The van der Waals surface area contributed by atoms with E-state index in [1.165, 1.54) is 12.8 Å². The Kier molecular flexibility index (Phi) is 3.29. The fourth-order valence-corrected chi connectivity index (χ4v) is 2.19. The number of pyridine rings is 1. The van der Waals surface area contributed by atoms with Crippen molar-refractivity contribution in [3.05, 3.63) is 22.8 Å². The van der Waals surface area contributed by atoms with Crippen molar-refractivity contribution in [2.45, 2.75) is 32.7 Å². The molecule has 0 radical (unpaired) electrons. The van der Waals surface area contributed by atoms with Crippen LogP contribution in [0.1, 0.15) is 26.7 Å². The van der Waals surface area contributed by atoms with E-state index in [9.17, 15) is 0 Å². The molecule has 1 heterocycles. The number of nitrogens with zero attached hydrogens (tertiary/aromatic N) is 2. The molecule has 0 bridgehead atoms. The first-order valence-electron chi connectivity index (χ1n) is 5.55. The molecule has 0 saturated heterocycles. The topological polar surface area (TPSA) is 16.1 Å². The van der Waals surface area contributed by atoms with Crippen LogP contribution in [0.2, 0.25) is 0 Å². The van der Waals surface area contributed by atoms with Gasteiger partial charge in [0.1, 0.15) is 5.82 Å². The summed E-state index contributed by atoms with van der Waals surface area (Å²) in [5.41, 5.74) is 0. The van der Waals surface area contributed by atoms with Gasteiger partial charge in [-0.1, -0.05) is 0 Å².